The topological polar surface area (TPSA) is 61.7 Å². The van der Waals surface area contributed by atoms with E-state index in [1.807, 2.05) is 28.7 Å². The molecule has 0 aliphatic heterocycles. The van der Waals surface area contributed by atoms with Gasteiger partial charge in [0, 0.05) is 19.7 Å². The summed E-state index contributed by atoms with van der Waals surface area (Å²) in [5, 5.41) is 14.3. The van der Waals surface area contributed by atoms with Crippen molar-refractivity contribution in [1.82, 2.24) is 5.43 Å². The van der Waals surface area contributed by atoms with E-state index in [-0.39, 0.29) is 11.7 Å². The number of carbonyl (C=O) groups is 1. The standard InChI is InChI=1S/C14H9ClI2N2O2/c15-10-3-1-8(2-4-10)14(21)19-18-7-9-5-11(16)6-12(17)13(9)20/h1-7,20H,(H,19,21). The van der Waals surface area contributed by atoms with Crippen LogP contribution in [-0.2, 0) is 0 Å². The molecule has 7 heteroatoms. The fourth-order valence-electron chi connectivity index (χ4n) is 1.51. The summed E-state index contributed by atoms with van der Waals surface area (Å²) < 4.78 is 1.70. The highest BCUT2D eigenvalue weighted by Gasteiger charge is 2.06. The normalized spacial score (nSPS) is 10.8. The summed E-state index contributed by atoms with van der Waals surface area (Å²) in [5.74, 6) is -0.205. The number of rotatable bonds is 3. The molecule has 0 radical (unpaired) electrons. The summed E-state index contributed by atoms with van der Waals surface area (Å²) in [5.41, 5.74) is 3.41. The Morgan fingerprint density at radius 3 is 2.57 bits per heavy atom. The average Bonchev–Trinajstić information content (AvgIpc) is 2.44. The van der Waals surface area contributed by atoms with Crippen molar-refractivity contribution < 1.29 is 9.90 Å². The third kappa shape index (κ3) is 4.55. The van der Waals surface area contributed by atoms with Crippen LogP contribution in [0.3, 0.4) is 0 Å². The first kappa shape index (κ1) is 16.5. The molecule has 4 nitrogen and oxygen atoms in total. The van der Waals surface area contributed by atoms with Crippen molar-refractivity contribution in [2.75, 3.05) is 0 Å². The van der Waals surface area contributed by atoms with E-state index in [9.17, 15) is 9.90 Å². The Labute approximate surface area is 153 Å². The molecule has 0 aliphatic rings. The molecule has 0 unspecified atom stereocenters. The minimum Gasteiger partial charge on any atom is -0.506 e. The van der Waals surface area contributed by atoms with Gasteiger partial charge in [0.1, 0.15) is 5.75 Å². The second-order valence-corrected chi connectivity index (χ2v) is 6.88. The highest BCUT2D eigenvalue weighted by atomic mass is 127. The molecule has 0 fully saturated rings. The number of nitrogens with one attached hydrogen (secondary N) is 1. The first-order valence-corrected chi connectivity index (χ1v) is 8.28. The molecule has 0 atom stereocenters. The van der Waals surface area contributed by atoms with E-state index in [0.717, 1.165) is 7.14 Å². The van der Waals surface area contributed by atoms with Crippen LogP contribution < -0.4 is 5.43 Å². The minimum atomic E-state index is -0.345. The number of halogens is 3. The van der Waals surface area contributed by atoms with Crippen molar-refractivity contribution >= 4 is 68.9 Å². The van der Waals surface area contributed by atoms with Crippen LogP contribution in [0.15, 0.2) is 41.5 Å². The highest BCUT2D eigenvalue weighted by molar-refractivity contribution is 14.1. The number of nitrogens with zero attached hydrogens (tertiary/aromatic N) is 1. The maximum absolute atomic E-state index is 11.8. The Morgan fingerprint density at radius 1 is 1.24 bits per heavy atom. The fraction of sp³-hybridized carbons (Fsp3) is 0. The number of hydrogen-bond acceptors (Lipinski definition) is 3. The van der Waals surface area contributed by atoms with E-state index in [0.29, 0.717) is 16.1 Å². The first-order valence-electron chi connectivity index (χ1n) is 5.74. The van der Waals surface area contributed by atoms with Crippen LogP contribution in [0.1, 0.15) is 15.9 Å². The van der Waals surface area contributed by atoms with Gasteiger partial charge in [0.15, 0.2) is 0 Å². The maximum Gasteiger partial charge on any atom is 0.271 e. The van der Waals surface area contributed by atoms with Crippen LogP contribution in [0.2, 0.25) is 5.02 Å². The number of phenolic OH excluding ortho intramolecular Hbond substituents is 1. The molecule has 2 aromatic carbocycles. The second kappa shape index (κ2) is 7.41. The average molecular weight is 526 g/mol. The molecule has 2 rings (SSSR count). The molecule has 21 heavy (non-hydrogen) atoms. The summed E-state index contributed by atoms with van der Waals surface area (Å²) in [6.07, 6.45) is 1.41. The molecule has 0 spiro atoms. The largest absolute Gasteiger partial charge is 0.506 e. The molecule has 0 saturated heterocycles. The van der Waals surface area contributed by atoms with Crippen LogP contribution in [0.5, 0.6) is 5.75 Å². The third-order valence-corrected chi connectivity index (χ3v) is 4.23. The summed E-state index contributed by atoms with van der Waals surface area (Å²) in [7, 11) is 0. The van der Waals surface area contributed by atoms with Gasteiger partial charge in [-0.25, -0.2) is 5.43 Å². The van der Waals surface area contributed by atoms with Crippen LogP contribution in [0, 0.1) is 7.14 Å². The maximum atomic E-state index is 11.8. The summed E-state index contributed by atoms with van der Waals surface area (Å²) in [4.78, 5) is 11.8. The van der Waals surface area contributed by atoms with Gasteiger partial charge in [0.2, 0.25) is 0 Å². The number of phenols is 1. The van der Waals surface area contributed by atoms with Crippen LogP contribution in [-0.4, -0.2) is 17.2 Å². The van der Waals surface area contributed by atoms with Crippen molar-refractivity contribution in [2.24, 2.45) is 5.10 Å². The van der Waals surface area contributed by atoms with Crippen molar-refractivity contribution in [2.45, 2.75) is 0 Å². The molecule has 0 heterocycles. The zero-order chi connectivity index (χ0) is 15.4. The van der Waals surface area contributed by atoms with Crippen molar-refractivity contribution in [3.63, 3.8) is 0 Å². The number of carbonyl (C=O) groups excluding carboxylic acids is 1. The molecule has 0 bridgehead atoms. The molecule has 108 valence electrons. The zero-order valence-corrected chi connectivity index (χ0v) is 15.5. The molecule has 0 saturated carbocycles. The van der Waals surface area contributed by atoms with Gasteiger partial charge in [-0.3, -0.25) is 4.79 Å². The predicted octanol–water partition coefficient (Wildman–Crippen LogP) is 4.02. The van der Waals surface area contributed by atoms with Gasteiger partial charge >= 0.3 is 0 Å². The smallest absolute Gasteiger partial charge is 0.271 e. The van der Waals surface area contributed by atoms with Crippen molar-refractivity contribution in [3.8, 4) is 5.75 Å². The Kier molecular flexibility index (Phi) is 5.82. The summed E-state index contributed by atoms with van der Waals surface area (Å²) in [6, 6.07) is 10.1. The van der Waals surface area contributed by atoms with Crippen LogP contribution in [0.25, 0.3) is 0 Å². The van der Waals surface area contributed by atoms with Gasteiger partial charge in [-0.15, -0.1) is 0 Å². The molecule has 2 N–H and O–H groups in total. The van der Waals surface area contributed by atoms with Gasteiger partial charge in [-0.2, -0.15) is 5.10 Å². The quantitative estimate of drug-likeness (QED) is 0.361. The lowest BCUT2D eigenvalue weighted by molar-refractivity contribution is 0.0955. The fourth-order valence-corrected chi connectivity index (χ4v) is 3.53. The minimum absolute atomic E-state index is 0.139. The lowest BCUT2D eigenvalue weighted by atomic mass is 10.2. The van der Waals surface area contributed by atoms with Gasteiger partial charge < -0.3 is 5.11 Å². The van der Waals surface area contributed by atoms with Crippen LogP contribution in [0.4, 0.5) is 0 Å². The van der Waals surface area contributed by atoms with E-state index in [1.165, 1.54) is 6.21 Å². The lowest BCUT2D eigenvalue weighted by Crippen LogP contribution is -2.17. The van der Waals surface area contributed by atoms with Gasteiger partial charge in [0.25, 0.3) is 5.91 Å². The zero-order valence-electron chi connectivity index (χ0n) is 10.5. The van der Waals surface area contributed by atoms with Gasteiger partial charge in [-0.1, -0.05) is 11.6 Å². The second-order valence-electron chi connectivity index (χ2n) is 4.03. The molecule has 1 amide bonds. The number of amides is 1. The molecule has 2 aromatic rings. The molecule has 0 aliphatic carbocycles. The SMILES string of the molecule is O=C(NN=Cc1cc(I)cc(I)c1O)c1ccc(Cl)cc1. The lowest BCUT2D eigenvalue weighted by Gasteiger charge is -2.03. The van der Waals surface area contributed by atoms with E-state index in [2.05, 4.69) is 33.1 Å². The van der Waals surface area contributed by atoms with Crippen molar-refractivity contribution in [3.05, 3.63) is 59.7 Å². The number of benzene rings is 2. The highest BCUT2D eigenvalue weighted by Crippen LogP contribution is 2.25. The molecular weight excluding hydrogens is 517 g/mol. The molecular formula is C14H9ClI2N2O2. The Hall–Kier alpha value is -0.870. The van der Waals surface area contributed by atoms with Gasteiger partial charge in [-0.05, 0) is 81.6 Å². The van der Waals surface area contributed by atoms with Gasteiger partial charge in [0.05, 0.1) is 9.78 Å². The first-order chi connectivity index (χ1) is 9.97. The van der Waals surface area contributed by atoms with E-state index < -0.39 is 0 Å². The van der Waals surface area contributed by atoms with E-state index in [1.54, 1.807) is 30.3 Å². The Bertz CT molecular complexity index is 703. The summed E-state index contributed by atoms with van der Waals surface area (Å²) >= 11 is 9.94. The predicted molar refractivity (Wildman–Crippen MR) is 100 cm³/mol. The number of hydrazone groups is 1. The Balaban J connectivity index is 2.09. The third-order valence-electron chi connectivity index (χ3n) is 2.53. The van der Waals surface area contributed by atoms with E-state index in [4.69, 9.17) is 11.6 Å². The summed E-state index contributed by atoms with van der Waals surface area (Å²) in [6.45, 7) is 0. The number of aromatic hydroxyl groups is 1. The Morgan fingerprint density at radius 2 is 1.90 bits per heavy atom. The molecule has 0 aromatic heterocycles. The number of hydrogen-bond donors (Lipinski definition) is 2. The van der Waals surface area contributed by atoms with Crippen molar-refractivity contribution in [1.29, 1.82) is 0 Å². The van der Waals surface area contributed by atoms with Crippen LogP contribution >= 0.6 is 56.8 Å². The monoisotopic (exact) mass is 526 g/mol. The van der Waals surface area contributed by atoms with E-state index >= 15 is 0 Å².